The number of likely N-dealkylation sites (tertiary alicyclic amines) is 1. The molecule has 1 saturated heterocycles. The number of aryl methyl sites for hydroxylation is 1. The van der Waals surface area contributed by atoms with E-state index in [0.717, 1.165) is 16.8 Å². The van der Waals surface area contributed by atoms with Gasteiger partial charge in [0.15, 0.2) is 0 Å². The van der Waals surface area contributed by atoms with Crippen LogP contribution in [-0.4, -0.2) is 35.6 Å². The third-order valence-corrected chi connectivity index (χ3v) is 4.81. The molecule has 1 aliphatic heterocycles. The summed E-state index contributed by atoms with van der Waals surface area (Å²) in [6, 6.07) is 3.34. The summed E-state index contributed by atoms with van der Waals surface area (Å²) < 4.78 is 0.929. The van der Waals surface area contributed by atoms with E-state index in [2.05, 4.69) is 65.0 Å². The highest BCUT2D eigenvalue weighted by molar-refractivity contribution is 9.10. The second kappa shape index (κ2) is 5.57. The molecule has 4 heteroatoms. The average Bonchev–Trinajstić information content (AvgIpc) is 2.31. The summed E-state index contributed by atoms with van der Waals surface area (Å²) in [7, 11) is 2.21. The molecule has 3 nitrogen and oxygen atoms in total. The molecule has 3 atom stereocenters. The van der Waals surface area contributed by atoms with E-state index in [9.17, 15) is 0 Å². The number of anilines is 1. The van der Waals surface area contributed by atoms with Gasteiger partial charge in [-0.3, -0.25) is 0 Å². The van der Waals surface area contributed by atoms with Gasteiger partial charge in [-0.1, -0.05) is 6.92 Å². The van der Waals surface area contributed by atoms with Crippen LogP contribution in [0.2, 0.25) is 0 Å². The van der Waals surface area contributed by atoms with Gasteiger partial charge in [0.2, 0.25) is 0 Å². The van der Waals surface area contributed by atoms with Crippen LogP contribution in [0, 0.1) is 12.8 Å². The lowest BCUT2D eigenvalue weighted by Gasteiger charge is -2.40. The van der Waals surface area contributed by atoms with Crippen molar-refractivity contribution in [1.29, 1.82) is 0 Å². The number of hydrogen-bond acceptors (Lipinski definition) is 3. The molecule has 0 saturated carbocycles. The second-order valence-electron chi connectivity index (χ2n) is 5.58. The van der Waals surface area contributed by atoms with Crippen molar-refractivity contribution < 1.29 is 0 Å². The fourth-order valence-corrected chi connectivity index (χ4v) is 2.81. The van der Waals surface area contributed by atoms with Crippen LogP contribution in [0.4, 0.5) is 5.69 Å². The number of halogens is 1. The summed E-state index contributed by atoms with van der Waals surface area (Å²) in [5, 5.41) is 3.64. The number of nitrogens with one attached hydrogen (secondary N) is 1. The lowest BCUT2D eigenvalue weighted by atomic mass is 9.89. The number of aromatic nitrogens is 1. The molecule has 3 unspecified atom stereocenters. The third kappa shape index (κ3) is 3.04. The van der Waals surface area contributed by atoms with Gasteiger partial charge < -0.3 is 10.2 Å². The lowest BCUT2D eigenvalue weighted by molar-refractivity contribution is 0.145. The zero-order valence-corrected chi connectivity index (χ0v) is 13.2. The Morgan fingerprint density at radius 3 is 2.83 bits per heavy atom. The first-order chi connectivity index (χ1) is 8.47. The molecule has 0 amide bonds. The van der Waals surface area contributed by atoms with Gasteiger partial charge in [-0.25, -0.2) is 4.98 Å². The molecular weight excluding hydrogens is 290 g/mol. The zero-order chi connectivity index (χ0) is 13.3. The molecular formula is C14H22BrN3. The topological polar surface area (TPSA) is 28.2 Å². The van der Waals surface area contributed by atoms with Crippen LogP contribution in [0.5, 0.6) is 0 Å². The normalized spacial score (nSPS) is 29.3. The maximum absolute atomic E-state index is 4.35. The quantitative estimate of drug-likeness (QED) is 0.849. The Morgan fingerprint density at radius 1 is 1.44 bits per heavy atom. The van der Waals surface area contributed by atoms with Crippen LogP contribution < -0.4 is 5.32 Å². The summed E-state index contributed by atoms with van der Waals surface area (Å²) in [6.07, 6.45) is 3.10. The minimum Gasteiger partial charge on any atom is -0.381 e. The van der Waals surface area contributed by atoms with Crippen LogP contribution in [0.15, 0.2) is 16.9 Å². The Balaban J connectivity index is 2.06. The van der Waals surface area contributed by atoms with Gasteiger partial charge in [-0.05, 0) is 60.8 Å². The minimum atomic E-state index is 0.540. The van der Waals surface area contributed by atoms with E-state index in [4.69, 9.17) is 0 Å². The predicted octanol–water partition coefficient (Wildman–Crippen LogP) is 3.29. The number of hydrogen-bond donors (Lipinski definition) is 1. The van der Waals surface area contributed by atoms with Crippen LogP contribution in [0.1, 0.15) is 25.8 Å². The van der Waals surface area contributed by atoms with E-state index in [1.165, 1.54) is 12.0 Å². The van der Waals surface area contributed by atoms with Crippen molar-refractivity contribution in [2.45, 2.75) is 39.3 Å². The highest BCUT2D eigenvalue weighted by atomic mass is 79.9. The van der Waals surface area contributed by atoms with Crippen molar-refractivity contribution >= 4 is 21.6 Å². The van der Waals surface area contributed by atoms with Gasteiger partial charge in [0.1, 0.15) is 4.60 Å². The average molecular weight is 312 g/mol. The van der Waals surface area contributed by atoms with Gasteiger partial charge in [-0.2, -0.15) is 0 Å². The Morgan fingerprint density at radius 2 is 2.17 bits per heavy atom. The van der Waals surface area contributed by atoms with Gasteiger partial charge in [0.25, 0.3) is 0 Å². The van der Waals surface area contributed by atoms with E-state index < -0.39 is 0 Å². The molecule has 100 valence electrons. The molecule has 0 bridgehead atoms. The first kappa shape index (κ1) is 13.8. The zero-order valence-electron chi connectivity index (χ0n) is 11.6. The van der Waals surface area contributed by atoms with Crippen LogP contribution in [0.3, 0.4) is 0 Å². The molecule has 0 radical (unpaired) electrons. The summed E-state index contributed by atoms with van der Waals surface area (Å²) in [5.41, 5.74) is 2.30. The van der Waals surface area contributed by atoms with Crippen molar-refractivity contribution in [1.82, 2.24) is 9.88 Å². The van der Waals surface area contributed by atoms with E-state index in [1.54, 1.807) is 0 Å². The van der Waals surface area contributed by atoms with Gasteiger partial charge >= 0.3 is 0 Å². The molecule has 1 N–H and O–H groups in total. The number of rotatable bonds is 2. The Kier molecular flexibility index (Phi) is 4.28. The number of nitrogens with zero attached hydrogens (tertiary/aromatic N) is 2. The maximum atomic E-state index is 4.35. The predicted molar refractivity (Wildman–Crippen MR) is 80.0 cm³/mol. The third-order valence-electron chi connectivity index (χ3n) is 3.98. The molecule has 1 aliphatic rings. The van der Waals surface area contributed by atoms with E-state index in [0.29, 0.717) is 18.0 Å². The maximum Gasteiger partial charge on any atom is 0.109 e. The number of pyridine rings is 1. The lowest BCUT2D eigenvalue weighted by Crippen LogP contribution is -2.48. The molecule has 18 heavy (non-hydrogen) atoms. The highest BCUT2D eigenvalue weighted by Crippen LogP contribution is 2.25. The van der Waals surface area contributed by atoms with Crippen LogP contribution in [0.25, 0.3) is 0 Å². The van der Waals surface area contributed by atoms with Gasteiger partial charge in [0.05, 0.1) is 11.9 Å². The molecule has 0 aliphatic carbocycles. The fourth-order valence-electron chi connectivity index (χ4n) is 2.59. The molecule has 2 heterocycles. The summed E-state index contributed by atoms with van der Waals surface area (Å²) in [6.45, 7) is 7.84. The van der Waals surface area contributed by atoms with E-state index >= 15 is 0 Å². The van der Waals surface area contributed by atoms with E-state index in [1.807, 2.05) is 6.20 Å². The van der Waals surface area contributed by atoms with Crippen LogP contribution in [-0.2, 0) is 0 Å². The standard InChI is InChI=1S/C14H22BrN3/c1-9-5-12(7-16-14(9)15)17-13-6-11(3)18(4)8-10(13)2/h5,7,10-11,13,17H,6,8H2,1-4H3. The molecule has 1 aromatic heterocycles. The summed E-state index contributed by atoms with van der Waals surface area (Å²) >= 11 is 3.44. The molecule has 2 rings (SSSR count). The molecule has 0 spiro atoms. The molecule has 1 aromatic rings. The SMILES string of the molecule is Cc1cc(NC2CC(C)N(C)CC2C)cnc1Br. The van der Waals surface area contributed by atoms with Gasteiger partial charge in [0, 0.05) is 18.6 Å². The second-order valence-corrected chi connectivity index (χ2v) is 6.34. The van der Waals surface area contributed by atoms with Crippen molar-refractivity contribution in [2.75, 3.05) is 18.9 Å². The summed E-state index contributed by atoms with van der Waals surface area (Å²) in [5.74, 6) is 0.662. The summed E-state index contributed by atoms with van der Waals surface area (Å²) in [4.78, 5) is 6.79. The van der Waals surface area contributed by atoms with Crippen molar-refractivity contribution in [3.05, 3.63) is 22.4 Å². The van der Waals surface area contributed by atoms with Crippen molar-refractivity contribution in [2.24, 2.45) is 5.92 Å². The van der Waals surface area contributed by atoms with Crippen LogP contribution >= 0.6 is 15.9 Å². The molecule has 0 aromatic carbocycles. The van der Waals surface area contributed by atoms with E-state index in [-0.39, 0.29) is 0 Å². The fraction of sp³-hybridized carbons (Fsp3) is 0.643. The van der Waals surface area contributed by atoms with Gasteiger partial charge in [-0.15, -0.1) is 0 Å². The van der Waals surface area contributed by atoms with Crippen molar-refractivity contribution in [3.8, 4) is 0 Å². The Bertz CT molecular complexity index is 422. The Labute approximate surface area is 118 Å². The monoisotopic (exact) mass is 311 g/mol. The first-order valence-corrected chi connectivity index (χ1v) is 7.35. The highest BCUT2D eigenvalue weighted by Gasteiger charge is 2.28. The Hall–Kier alpha value is -0.610. The largest absolute Gasteiger partial charge is 0.381 e. The first-order valence-electron chi connectivity index (χ1n) is 6.56. The smallest absolute Gasteiger partial charge is 0.109 e. The minimum absolute atomic E-state index is 0.540. The molecule has 1 fully saturated rings. The number of piperidine rings is 1. The van der Waals surface area contributed by atoms with Crippen molar-refractivity contribution in [3.63, 3.8) is 0 Å².